The predicted molar refractivity (Wildman–Crippen MR) is 134 cm³/mol. The first-order chi connectivity index (χ1) is 18.5. The number of carboxylic acid groups (broad SMARTS) is 1. The highest BCUT2D eigenvalue weighted by Crippen LogP contribution is 2.45. The van der Waals surface area contributed by atoms with Crippen molar-refractivity contribution in [2.45, 2.75) is 57.3 Å². The Bertz CT molecular complexity index is 1360. The number of ether oxygens (including phenoxy) is 1. The van der Waals surface area contributed by atoms with Crippen LogP contribution in [0, 0.1) is 18.6 Å². The third kappa shape index (κ3) is 9.15. The highest BCUT2D eigenvalue weighted by Gasteiger charge is 2.38. The maximum absolute atomic E-state index is 14.8. The lowest BCUT2D eigenvalue weighted by atomic mass is 10.0. The van der Waals surface area contributed by atoms with Crippen LogP contribution in [0.25, 0.3) is 0 Å². The van der Waals surface area contributed by atoms with Crippen LogP contribution in [-0.2, 0) is 21.4 Å². The number of nitrogens with zero attached hydrogens (tertiary/aromatic N) is 1. The van der Waals surface area contributed by atoms with Gasteiger partial charge < -0.3 is 9.84 Å². The first kappa shape index (κ1) is 31.3. The van der Waals surface area contributed by atoms with Gasteiger partial charge in [0.15, 0.2) is 0 Å². The number of amides is 1. The van der Waals surface area contributed by atoms with E-state index in [4.69, 9.17) is 14.6 Å². The number of sulfonamides is 1. The summed E-state index contributed by atoms with van der Waals surface area (Å²) in [6.45, 7) is 4.12. The number of hydrogen-bond acceptors (Lipinski definition) is 6. The maximum atomic E-state index is 14.8. The standard InChI is InChI=1S/C24H28F2N2O4S.C2HF3O2/c1-15-10-18(25)8-7-17(15)13-28-9-3-4-19(14-28)32-23-12-22(26)21(11-20(23)16-5-6-16)24(29)27-33(2,30)31;3-2(4,5)1(6)7/h7-8,10-12,16,19H,3-6,9,13-14H2,1-2H3,(H,27,29);(H,6,7). The molecule has 40 heavy (non-hydrogen) atoms. The van der Waals surface area contributed by atoms with Gasteiger partial charge in [0.05, 0.1) is 11.8 Å². The summed E-state index contributed by atoms with van der Waals surface area (Å²) in [4.78, 5) is 23.4. The Hall–Kier alpha value is -3.26. The van der Waals surface area contributed by atoms with Gasteiger partial charge in [0.1, 0.15) is 23.5 Å². The zero-order valence-corrected chi connectivity index (χ0v) is 22.5. The average Bonchev–Trinajstić information content (AvgIpc) is 3.65. The molecule has 1 unspecified atom stereocenters. The molecule has 2 N–H and O–H groups in total. The Balaban J connectivity index is 0.000000559. The third-order valence-corrected chi connectivity index (χ3v) is 6.89. The molecule has 14 heteroatoms. The predicted octanol–water partition coefficient (Wildman–Crippen LogP) is 4.52. The molecule has 4 rings (SSSR count). The zero-order valence-electron chi connectivity index (χ0n) is 21.7. The Labute approximate surface area is 228 Å². The number of benzene rings is 2. The number of carboxylic acids is 1. The van der Waals surface area contributed by atoms with E-state index < -0.39 is 33.9 Å². The Morgan fingerprint density at radius 1 is 1.12 bits per heavy atom. The van der Waals surface area contributed by atoms with E-state index in [1.807, 2.05) is 11.6 Å². The number of rotatable bonds is 7. The molecule has 8 nitrogen and oxygen atoms in total. The van der Waals surface area contributed by atoms with Crippen molar-refractivity contribution in [2.75, 3.05) is 19.3 Å². The maximum Gasteiger partial charge on any atom is 0.490 e. The van der Waals surface area contributed by atoms with E-state index in [1.54, 1.807) is 6.07 Å². The van der Waals surface area contributed by atoms with E-state index in [1.165, 1.54) is 24.3 Å². The summed E-state index contributed by atoms with van der Waals surface area (Å²) in [7, 11) is -3.80. The molecule has 2 aliphatic rings. The van der Waals surface area contributed by atoms with E-state index in [-0.39, 0.29) is 23.4 Å². The minimum Gasteiger partial charge on any atom is -0.489 e. The Morgan fingerprint density at radius 2 is 1.77 bits per heavy atom. The molecule has 2 aromatic rings. The number of likely N-dealkylation sites (tertiary alicyclic amines) is 1. The molecule has 2 fully saturated rings. The molecule has 220 valence electrons. The fraction of sp³-hybridized carbons (Fsp3) is 0.462. The fourth-order valence-corrected chi connectivity index (χ4v) is 4.74. The largest absolute Gasteiger partial charge is 0.490 e. The summed E-state index contributed by atoms with van der Waals surface area (Å²) in [5.74, 6) is -4.22. The van der Waals surface area contributed by atoms with Crippen LogP contribution in [0.2, 0.25) is 0 Å². The molecule has 1 aliphatic carbocycles. The summed E-state index contributed by atoms with van der Waals surface area (Å²) in [6, 6.07) is 7.42. The number of hydrogen-bond donors (Lipinski definition) is 2. The number of alkyl halides is 3. The van der Waals surface area contributed by atoms with E-state index in [9.17, 15) is 35.2 Å². The zero-order chi connectivity index (χ0) is 29.8. The van der Waals surface area contributed by atoms with Crippen molar-refractivity contribution in [3.63, 3.8) is 0 Å². The number of nitrogens with one attached hydrogen (secondary N) is 1. The highest BCUT2D eigenvalue weighted by molar-refractivity contribution is 7.89. The van der Waals surface area contributed by atoms with Gasteiger partial charge in [-0.25, -0.2) is 26.7 Å². The minimum absolute atomic E-state index is 0.146. The van der Waals surface area contributed by atoms with Gasteiger partial charge >= 0.3 is 12.1 Å². The van der Waals surface area contributed by atoms with Crippen LogP contribution in [0.4, 0.5) is 22.0 Å². The van der Waals surface area contributed by atoms with E-state index in [2.05, 4.69) is 4.90 Å². The van der Waals surface area contributed by atoms with Crippen molar-refractivity contribution in [1.82, 2.24) is 9.62 Å². The van der Waals surface area contributed by atoms with Crippen LogP contribution in [0.1, 0.15) is 58.6 Å². The van der Waals surface area contributed by atoms with Gasteiger partial charge in [-0.15, -0.1) is 0 Å². The number of carbonyl (C=O) groups is 2. The van der Waals surface area contributed by atoms with Gasteiger partial charge in [0, 0.05) is 19.2 Å². The SMILES string of the molecule is Cc1cc(F)ccc1CN1CCCC(Oc2cc(F)c(C(=O)NS(C)(=O)=O)cc2C2CC2)C1.O=C(O)C(F)(F)F. The topological polar surface area (TPSA) is 113 Å². The van der Waals surface area contributed by atoms with Crippen molar-refractivity contribution < 1.29 is 49.8 Å². The molecule has 0 spiro atoms. The van der Waals surface area contributed by atoms with Gasteiger partial charge in [-0.3, -0.25) is 9.69 Å². The van der Waals surface area contributed by atoms with Crippen molar-refractivity contribution in [2.24, 2.45) is 0 Å². The normalized spacial score (nSPS) is 17.9. The van der Waals surface area contributed by atoms with E-state index >= 15 is 0 Å². The fourth-order valence-electron chi connectivity index (χ4n) is 4.29. The molecule has 1 aliphatic heterocycles. The number of halogens is 5. The van der Waals surface area contributed by atoms with E-state index in [0.717, 1.165) is 55.2 Å². The Kier molecular flexibility index (Phi) is 9.77. The van der Waals surface area contributed by atoms with Gasteiger partial charge in [-0.1, -0.05) is 6.07 Å². The van der Waals surface area contributed by atoms with Crippen LogP contribution < -0.4 is 9.46 Å². The molecule has 0 aromatic heterocycles. The number of aliphatic carboxylic acids is 1. The third-order valence-electron chi connectivity index (χ3n) is 6.34. The molecular formula is C26H29F5N2O6S. The lowest BCUT2D eigenvalue weighted by Crippen LogP contribution is -2.40. The van der Waals surface area contributed by atoms with E-state index in [0.29, 0.717) is 18.8 Å². The number of piperidine rings is 1. The first-order valence-corrected chi connectivity index (χ1v) is 14.2. The summed E-state index contributed by atoms with van der Waals surface area (Å²) < 4.78 is 90.7. The van der Waals surface area contributed by atoms with Crippen molar-refractivity contribution in [3.05, 3.63) is 64.2 Å². The van der Waals surface area contributed by atoms with Gasteiger partial charge in [0.2, 0.25) is 10.0 Å². The molecule has 0 radical (unpaired) electrons. The minimum atomic E-state index is -5.08. The average molecular weight is 593 g/mol. The molecule has 1 saturated carbocycles. The lowest BCUT2D eigenvalue weighted by Gasteiger charge is -2.33. The quantitative estimate of drug-likeness (QED) is 0.455. The second-order valence-corrected chi connectivity index (χ2v) is 11.6. The van der Waals surface area contributed by atoms with Gasteiger partial charge in [0.25, 0.3) is 5.91 Å². The van der Waals surface area contributed by atoms with Crippen LogP contribution in [0.5, 0.6) is 5.75 Å². The molecule has 1 saturated heterocycles. The number of aryl methyl sites for hydroxylation is 1. The van der Waals surface area contributed by atoms with Gasteiger partial charge in [-0.05, 0) is 80.0 Å². The Morgan fingerprint density at radius 3 is 2.33 bits per heavy atom. The molecular weight excluding hydrogens is 563 g/mol. The van der Waals surface area contributed by atoms with Crippen molar-refractivity contribution >= 4 is 21.9 Å². The number of carbonyl (C=O) groups excluding carboxylic acids is 1. The monoisotopic (exact) mass is 592 g/mol. The summed E-state index contributed by atoms with van der Waals surface area (Å²) >= 11 is 0. The van der Waals surface area contributed by atoms with Crippen molar-refractivity contribution in [3.8, 4) is 5.75 Å². The first-order valence-electron chi connectivity index (χ1n) is 12.3. The van der Waals surface area contributed by atoms with Crippen LogP contribution in [0.3, 0.4) is 0 Å². The van der Waals surface area contributed by atoms with Crippen molar-refractivity contribution in [1.29, 1.82) is 0 Å². The van der Waals surface area contributed by atoms with Crippen LogP contribution >= 0.6 is 0 Å². The van der Waals surface area contributed by atoms with Crippen LogP contribution in [0.15, 0.2) is 30.3 Å². The summed E-state index contributed by atoms with van der Waals surface area (Å²) in [6.07, 6.45) is -0.815. The smallest absolute Gasteiger partial charge is 0.489 e. The summed E-state index contributed by atoms with van der Waals surface area (Å²) in [5, 5.41) is 7.12. The highest BCUT2D eigenvalue weighted by atomic mass is 32.2. The molecule has 1 amide bonds. The summed E-state index contributed by atoms with van der Waals surface area (Å²) in [5.41, 5.74) is 2.40. The molecule has 1 heterocycles. The van der Waals surface area contributed by atoms with Gasteiger partial charge in [-0.2, -0.15) is 13.2 Å². The van der Waals surface area contributed by atoms with Crippen LogP contribution in [-0.4, -0.2) is 61.9 Å². The molecule has 0 bridgehead atoms. The second-order valence-electron chi connectivity index (χ2n) is 9.84. The lowest BCUT2D eigenvalue weighted by molar-refractivity contribution is -0.192. The molecule has 2 aromatic carbocycles. The second kappa shape index (κ2) is 12.5. The molecule has 1 atom stereocenters.